The number of anilines is 2. The average Bonchev–Trinajstić information content (AvgIpc) is 2.42. The SMILES string of the molecule is CC(=O)Nc1ccc(/C=N/Nc2ccc(Br)cc2)cc1. The minimum atomic E-state index is -0.0803. The van der Waals surface area contributed by atoms with Crippen molar-refractivity contribution in [3.05, 3.63) is 58.6 Å². The molecule has 0 spiro atoms. The molecule has 102 valence electrons. The molecule has 2 aromatic carbocycles. The Kier molecular flexibility index (Phi) is 4.90. The van der Waals surface area contributed by atoms with Gasteiger partial charge in [0, 0.05) is 17.1 Å². The molecule has 0 atom stereocenters. The fourth-order valence-electron chi connectivity index (χ4n) is 1.56. The van der Waals surface area contributed by atoms with E-state index in [2.05, 4.69) is 31.8 Å². The van der Waals surface area contributed by atoms with Crippen molar-refractivity contribution in [2.75, 3.05) is 10.7 Å². The van der Waals surface area contributed by atoms with E-state index in [0.717, 1.165) is 21.4 Å². The lowest BCUT2D eigenvalue weighted by Gasteiger charge is -2.02. The van der Waals surface area contributed by atoms with Crippen LogP contribution in [0.25, 0.3) is 0 Å². The van der Waals surface area contributed by atoms with Crippen molar-refractivity contribution in [2.45, 2.75) is 6.92 Å². The molecule has 0 aliphatic carbocycles. The van der Waals surface area contributed by atoms with Crippen LogP contribution in [0.15, 0.2) is 58.1 Å². The summed E-state index contributed by atoms with van der Waals surface area (Å²) in [5.74, 6) is -0.0803. The van der Waals surface area contributed by atoms with Gasteiger partial charge in [0.15, 0.2) is 0 Å². The zero-order chi connectivity index (χ0) is 14.4. The highest BCUT2D eigenvalue weighted by Crippen LogP contribution is 2.14. The van der Waals surface area contributed by atoms with Gasteiger partial charge < -0.3 is 5.32 Å². The Labute approximate surface area is 126 Å². The van der Waals surface area contributed by atoms with Gasteiger partial charge in [-0.2, -0.15) is 5.10 Å². The molecule has 0 aromatic heterocycles. The maximum atomic E-state index is 10.9. The fraction of sp³-hybridized carbons (Fsp3) is 0.0667. The third-order valence-corrected chi connectivity index (χ3v) is 3.01. The van der Waals surface area contributed by atoms with E-state index in [-0.39, 0.29) is 5.91 Å². The molecular weight excluding hydrogens is 318 g/mol. The third-order valence-electron chi connectivity index (χ3n) is 2.48. The average molecular weight is 332 g/mol. The minimum absolute atomic E-state index is 0.0803. The van der Waals surface area contributed by atoms with E-state index in [1.54, 1.807) is 6.21 Å². The van der Waals surface area contributed by atoms with Crippen LogP contribution in [0.3, 0.4) is 0 Å². The van der Waals surface area contributed by atoms with Crippen molar-refractivity contribution >= 4 is 39.4 Å². The van der Waals surface area contributed by atoms with E-state index in [1.165, 1.54) is 6.92 Å². The van der Waals surface area contributed by atoms with Crippen LogP contribution < -0.4 is 10.7 Å². The summed E-state index contributed by atoms with van der Waals surface area (Å²) in [6, 6.07) is 15.2. The lowest BCUT2D eigenvalue weighted by Crippen LogP contribution is -2.05. The van der Waals surface area contributed by atoms with E-state index in [4.69, 9.17) is 0 Å². The number of nitrogens with one attached hydrogen (secondary N) is 2. The van der Waals surface area contributed by atoms with E-state index >= 15 is 0 Å². The molecule has 0 aliphatic heterocycles. The number of rotatable bonds is 4. The Balaban J connectivity index is 1.94. The number of carbonyl (C=O) groups is 1. The first-order chi connectivity index (χ1) is 9.63. The van der Waals surface area contributed by atoms with Crippen molar-refractivity contribution < 1.29 is 4.79 Å². The summed E-state index contributed by atoms with van der Waals surface area (Å²) in [5, 5.41) is 6.87. The highest BCUT2D eigenvalue weighted by atomic mass is 79.9. The first-order valence-corrected chi connectivity index (χ1v) is 6.85. The van der Waals surface area contributed by atoms with Gasteiger partial charge in [-0.15, -0.1) is 0 Å². The zero-order valence-corrected chi connectivity index (χ0v) is 12.5. The molecule has 0 fully saturated rings. The fourth-order valence-corrected chi connectivity index (χ4v) is 1.83. The van der Waals surface area contributed by atoms with E-state index in [9.17, 15) is 4.79 Å². The second-order valence-corrected chi connectivity index (χ2v) is 5.10. The summed E-state index contributed by atoms with van der Waals surface area (Å²) < 4.78 is 1.03. The molecule has 2 N–H and O–H groups in total. The van der Waals surface area contributed by atoms with Gasteiger partial charge in [0.05, 0.1) is 11.9 Å². The van der Waals surface area contributed by atoms with Crippen LogP contribution in [0.1, 0.15) is 12.5 Å². The predicted molar refractivity (Wildman–Crippen MR) is 86.1 cm³/mol. The van der Waals surface area contributed by atoms with Crippen LogP contribution in [0.2, 0.25) is 0 Å². The first kappa shape index (κ1) is 14.3. The van der Waals surface area contributed by atoms with Crippen LogP contribution in [-0.2, 0) is 4.79 Å². The monoisotopic (exact) mass is 331 g/mol. The molecule has 0 unspecified atom stereocenters. The molecule has 0 heterocycles. The van der Waals surface area contributed by atoms with Gasteiger partial charge in [0.2, 0.25) is 5.91 Å². The van der Waals surface area contributed by atoms with Crippen molar-refractivity contribution in [3.63, 3.8) is 0 Å². The molecule has 1 amide bonds. The third kappa shape index (κ3) is 4.51. The van der Waals surface area contributed by atoms with Gasteiger partial charge in [-0.05, 0) is 42.0 Å². The Morgan fingerprint density at radius 1 is 1.05 bits per heavy atom. The van der Waals surface area contributed by atoms with Crippen LogP contribution in [0.4, 0.5) is 11.4 Å². The second-order valence-electron chi connectivity index (χ2n) is 4.18. The van der Waals surface area contributed by atoms with Crippen molar-refractivity contribution in [1.82, 2.24) is 0 Å². The van der Waals surface area contributed by atoms with Crippen LogP contribution in [-0.4, -0.2) is 12.1 Å². The molecule has 0 saturated carbocycles. The Morgan fingerprint density at radius 2 is 1.65 bits per heavy atom. The van der Waals surface area contributed by atoms with Crippen LogP contribution in [0.5, 0.6) is 0 Å². The Morgan fingerprint density at radius 3 is 2.25 bits per heavy atom. The van der Waals surface area contributed by atoms with Gasteiger partial charge >= 0.3 is 0 Å². The molecule has 0 aliphatic rings. The van der Waals surface area contributed by atoms with E-state index in [1.807, 2.05) is 48.5 Å². The normalized spacial score (nSPS) is 10.5. The van der Waals surface area contributed by atoms with Gasteiger partial charge in [-0.3, -0.25) is 10.2 Å². The van der Waals surface area contributed by atoms with Crippen LogP contribution >= 0.6 is 15.9 Å². The lowest BCUT2D eigenvalue weighted by atomic mass is 10.2. The summed E-state index contributed by atoms with van der Waals surface area (Å²) in [6.45, 7) is 1.48. The van der Waals surface area contributed by atoms with Crippen LogP contribution in [0, 0.1) is 0 Å². The zero-order valence-electron chi connectivity index (χ0n) is 10.9. The lowest BCUT2D eigenvalue weighted by molar-refractivity contribution is -0.114. The first-order valence-electron chi connectivity index (χ1n) is 6.06. The summed E-state index contributed by atoms with van der Waals surface area (Å²) in [4.78, 5) is 10.9. The highest BCUT2D eigenvalue weighted by molar-refractivity contribution is 9.10. The molecule has 0 radical (unpaired) electrons. The minimum Gasteiger partial charge on any atom is -0.326 e. The second kappa shape index (κ2) is 6.86. The molecular formula is C15H14BrN3O. The van der Waals surface area contributed by atoms with E-state index < -0.39 is 0 Å². The van der Waals surface area contributed by atoms with Crippen molar-refractivity contribution in [2.24, 2.45) is 5.10 Å². The number of hydrogen-bond donors (Lipinski definition) is 2. The molecule has 2 aromatic rings. The number of carbonyl (C=O) groups excluding carboxylic acids is 1. The largest absolute Gasteiger partial charge is 0.326 e. The van der Waals surface area contributed by atoms with Gasteiger partial charge in [0.25, 0.3) is 0 Å². The van der Waals surface area contributed by atoms with Crippen molar-refractivity contribution in [3.8, 4) is 0 Å². The quantitative estimate of drug-likeness (QED) is 0.660. The summed E-state index contributed by atoms with van der Waals surface area (Å²) in [5.41, 5.74) is 5.58. The molecule has 4 nitrogen and oxygen atoms in total. The summed E-state index contributed by atoms with van der Waals surface area (Å²) >= 11 is 3.38. The molecule has 20 heavy (non-hydrogen) atoms. The smallest absolute Gasteiger partial charge is 0.221 e. The molecule has 0 saturated heterocycles. The number of nitrogens with zero attached hydrogens (tertiary/aromatic N) is 1. The summed E-state index contributed by atoms with van der Waals surface area (Å²) in [7, 11) is 0. The van der Waals surface area contributed by atoms with Gasteiger partial charge in [-0.1, -0.05) is 28.1 Å². The Bertz CT molecular complexity index is 606. The number of hydrazone groups is 1. The maximum absolute atomic E-state index is 10.9. The molecule has 0 bridgehead atoms. The van der Waals surface area contributed by atoms with Crippen molar-refractivity contribution in [1.29, 1.82) is 0 Å². The predicted octanol–water partition coefficient (Wildman–Crippen LogP) is 3.85. The van der Waals surface area contributed by atoms with E-state index in [0.29, 0.717) is 0 Å². The Hall–Kier alpha value is -2.14. The molecule has 2 rings (SSSR count). The number of hydrogen-bond acceptors (Lipinski definition) is 3. The topological polar surface area (TPSA) is 53.5 Å². The maximum Gasteiger partial charge on any atom is 0.221 e. The number of halogens is 1. The summed E-state index contributed by atoms with van der Waals surface area (Å²) in [6.07, 6.45) is 1.72. The standard InChI is InChI=1S/C15H14BrN3O/c1-11(20)18-14-6-2-12(3-7-14)10-17-19-15-8-4-13(16)5-9-15/h2-10,19H,1H3,(H,18,20)/b17-10+. The molecule has 5 heteroatoms. The highest BCUT2D eigenvalue weighted by Gasteiger charge is 1.95. The number of benzene rings is 2. The van der Waals surface area contributed by atoms with Gasteiger partial charge in [0.1, 0.15) is 0 Å². The number of amides is 1. The van der Waals surface area contributed by atoms with Gasteiger partial charge in [-0.25, -0.2) is 0 Å².